The van der Waals surface area contributed by atoms with Crippen LogP contribution in [0.2, 0.25) is 0 Å². The van der Waals surface area contributed by atoms with Crippen LogP contribution in [-0.4, -0.2) is 43.9 Å². The van der Waals surface area contributed by atoms with E-state index in [9.17, 15) is 9.90 Å². The molecule has 1 aromatic carbocycles. The van der Waals surface area contributed by atoms with Crippen LogP contribution in [0, 0.1) is 0 Å². The van der Waals surface area contributed by atoms with Gasteiger partial charge in [0.25, 0.3) is 0 Å². The molecule has 1 aliphatic carbocycles. The van der Waals surface area contributed by atoms with Crippen molar-refractivity contribution in [3.8, 4) is 5.75 Å². The van der Waals surface area contributed by atoms with E-state index in [0.717, 1.165) is 24.3 Å². The molecule has 1 unspecified atom stereocenters. The van der Waals surface area contributed by atoms with E-state index in [4.69, 9.17) is 4.74 Å². The van der Waals surface area contributed by atoms with E-state index in [1.165, 1.54) is 0 Å². The van der Waals surface area contributed by atoms with Gasteiger partial charge >= 0.3 is 5.97 Å². The van der Waals surface area contributed by atoms with Gasteiger partial charge in [0.1, 0.15) is 11.8 Å². The second kappa shape index (κ2) is 5.93. The Kier molecular flexibility index (Phi) is 4.27. The largest absolute Gasteiger partial charge is 0.497 e. The lowest BCUT2D eigenvalue weighted by Crippen LogP contribution is -2.46. The van der Waals surface area contributed by atoms with Gasteiger partial charge in [-0.3, -0.25) is 4.79 Å². The Hall–Kier alpha value is -1.75. The third-order valence-electron chi connectivity index (χ3n) is 3.26. The van der Waals surface area contributed by atoms with Crippen molar-refractivity contribution in [3.63, 3.8) is 0 Å². The number of likely N-dealkylation sites (N-methyl/N-ethyl adjacent to an activating group) is 1. The minimum Gasteiger partial charge on any atom is -0.497 e. The van der Waals surface area contributed by atoms with E-state index < -0.39 is 12.0 Å². The fourth-order valence-electron chi connectivity index (χ4n) is 1.96. The summed E-state index contributed by atoms with van der Waals surface area (Å²) in [5, 5.41) is 12.4. The van der Waals surface area contributed by atoms with E-state index >= 15 is 0 Å². The topological polar surface area (TPSA) is 61.8 Å². The number of hydrogen-bond donors (Lipinski definition) is 2. The molecule has 5 nitrogen and oxygen atoms in total. The highest BCUT2D eigenvalue weighted by Gasteiger charge is 2.29. The van der Waals surface area contributed by atoms with Crippen LogP contribution in [0.1, 0.15) is 12.8 Å². The average molecular weight is 264 g/mol. The molecule has 0 bridgehead atoms. The summed E-state index contributed by atoms with van der Waals surface area (Å²) in [7, 11) is 3.51. The SMILES string of the molecule is COc1cccc(N(C)CC(NC2CC2)C(=O)O)c1. The van der Waals surface area contributed by atoms with E-state index in [1.54, 1.807) is 7.11 Å². The molecule has 0 spiro atoms. The van der Waals surface area contributed by atoms with Crippen molar-refractivity contribution in [1.29, 1.82) is 0 Å². The van der Waals surface area contributed by atoms with E-state index in [-0.39, 0.29) is 0 Å². The molecule has 1 aliphatic rings. The third-order valence-corrected chi connectivity index (χ3v) is 3.26. The summed E-state index contributed by atoms with van der Waals surface area (Å²) in [4.78, 5) is 13.2. The van der Waals surface area contributed by atoms with Gasteiger partial charge in [-0.2, -0.15) is 0 Å². The highest BCUT2D eigenvalue weighted by molar-refractivity contribution is 5.74. The highest BCUT2D eigenvalue weighted by atomic mass is 16.5. The second-order valence-corrected chi connectivity index (χ2v) is 4.91. The molecule has 1 fully saturated rings. The number of rotatable bonds is 7. The fourth-order valence-corrected chi connectivity index (χ4v) is 1.96. The first-order valence-corrected chi connectivity index (χ1v) is 6.44. The molecule has 19 heavy (non-hydrogen) atoms. The minimum absolute atomic E-state index is 0.375. The van der Waals surface area contributed by atoms with Crippen LogP contribution < -0.4 is 15.0 Å². The van der Waals surface area contributed by atoms with E-state index in [0.29, 0.717) is 12.6 Å². The number of hydrogen-bond acceptors (Lipinski definition) is 4. The van der Waals surface area contributed by atoms with Gasteiger partial charge in [0, 0.05) is 31.4 Å². The summed E-state index contributed by atoms with van der Waals surface area (Å²) in [5.74, 6) is -0.0342. The number of methoxy groups -OCH3 is 1. The molecular weight excluding hydrogens is 244 g/mol. The average Bonchev–Trinajstić information content (AvgIpc) is 3.21. The lowest BCUT2D eigenvalue weighted by Gasteiger charge is -2.24. The highest BCUT2D eigenvalue weighted by Crippen LogP contribution is 2.22. The molecule has 2 N–H and O–H groups in total. The smallest absolute Gasteiger partial charge is 0.322 e. The van der Waals surface area contributed by atoms with Crippen LogP contribution in [0.4, 0.5) is 5.69 Å². The summed E-state index contributed by atoms with van der Waals surface area (Å²) in [6.07, 6.45) is 2.15. The normalized spacial score (nSPS) is 15.9. The van der Waals surface area contributed by atoms with E-state index in [1.807, 2.05) is 36.2 Å². The van der Waals surface area contributed by atoms with Crippen molar-refractivity contribution in [2.75, 3.05) is 25.6 Å². The summed E-state index contributed by atoms with van der Waals surface area (Å²) >= 11 is 0. The Morgan fingerprint density at radius 2 is 2.32 bits per heavy atom. The molecule has 0 radical (unpaired) electrons. The van der Waals surface area contributed by atoms with Crippen LogP contribution >= 0.6 is 0 Å². The van der Waals surface area contributed by atoms with Gasteiger partial charge in [0.2, 0.25) is 0 Å². The predicted molar refractivity (Wildman–Crippen MR) is 73.8 cm³/mol. The number of carbonyl (C=O) groups is 1. The van der Waals surface area contributed by atoms with Crippen LogP contribution in [0.3, 0.4) is 0 Å². The van der Waals surface area contributed by atoms with Crippen LogP contribution in [0.15, 0.2) is 24.3 Å². The first-order valence-electron chi connectivity index (χ1n) is 6.44. The number of carboxylic acid groups (broad SMARTS) is 1. The standard InChI is InChI=1S/C14H20N2O3/c1-16(11-4-3-5-12(8-11)19-2)9-13(14(17)18)15-10-6-7-10/h3-5,8,10,13,15H,6-7,9H2,1-2H3,(H,17,18). The Balaban J connectivity index is 2.00. The van der Waals surface area contributed by atoms with Gasteiger partial charge in [0.05, 0.1) is 7.11 Å². The second-order valence-electron chi connectivity index (χ2n) is 4.91. The summed E-state index contributed by atoms with van der Waals surface area (Å²) in [6, 6.07) is 7.45. The van der Waals surface area contributed by atoms with Gasteiger partial charge in [0.15, 0.2) is 0 Å². The molecule has 0 amide bonds. The number of anilines is 1. The van der Waals surface area contributed by atoms with Crippen molar-refractivity contribution in [2.45, 2.75) is 24.9 Å². The first-order chi connectivity index (χ1) is 9.10. The van der Waals surface area contributed by atoms with Gasteiger partial charge in [-0.05, 0) is 25.0 Å². The molecule has 104 valence electrons. The zero-order chi connectivity index (χ0) is 13.8. The third kappa shape index (κ3) is 3.86. The van der Waals surface area contributed by atoms with Crippen LogP contribution in [0.5, 0.6) is 5.75 Å². The Labute approximate surface area is 113 Å². The minimum atomic E-state index is -0.804. The molecule has 1 atom stereocenters. The Morgan fingerprint density at radius 1 is 1.58 bits per heavy atom. The molecule has 0 saturated heterocycles. The lowest BCUT2D eigenvalue weighted by molar-refractivity contribution is -0.139. The predicted octanol–water partition coefficient (Wildman–Crippen LogP) is 1.34. The Morgan fingerprint density at radius 3 is 2.89 bits per heavy atom. The van der Waals surface area contributed by atoms with Crippen LogP contribution in [0.25, 0.3) is 0 Å². The zero-order valence-electron chi connectivity index (χ0n) is 11.3. The molecule has 0 aromatic heterocycles. The number of carboxylic acids is 1. The zero-order valence-corrected chi connectivity index (χ0v) is 11.3. The van der Waals surface area contributed by atoms with Crippen molar-refractivity contribution >= 4 is 11.7 Å². The molecular formula is C14H20N2O3. The van der Waals surface area contributed by atoms with Gasteiger partial charge in [-0.25, -0.2) is 0 Å². The number of nitrogens with zero attached hydrogens (tertiary/aromatic N) is 1. The van der Waals surface area contributed by atoms with Crippen molar-refractivity contribution in [3.05, 3.63) is 24.3 Å². The fraction of sp³-hybridized carbons (Fsp3) is 0.500. The molecule has 1 saturated carbocycles. The number of benzene rings is 1. The molecule has 0 heterocycles. The van der Waals surface area contributed by atoms with Crippen LogP contribution in [-0.2, 0) is 4.79 Å². The van der Waals surface area contributed by atoms with Gasteiger partial charge in [-0.15, -0.1) is 0 Å². The maximum absolute atomic E-state index is 11.2. The first kappa shape index (κ1) is 13.7. The van der Waals surface area contributed by atoms with Crippen molar-refractivity contribution in [2.24, 2.45) is 0 Å². The number of ether oxygens (including phenoxy) is 1. The molecule has 2 rings (SSSR count). The summed E-state index contributed by atoms with van der Waals surface area (Å²) in [5.41, 5.74) is 0.947. The maximum Gasteiger partial charge on any atom is 0.322 e. The number of aliphatic carboxylic acids is 1. The Bertz CT molecular complexity index is 446. The lowest BCUT2D eigenvalue weighted by atomic mass is 10.2. The molecule has 1 aromatic rings. The summed E-state index contributed by atoms with van der Waals surface area (Å²) < 4.78 is 5.17. The maximum atomic E-state index is 11.2. The summed E-state index contributed by atoms with van der Waals surface area (Å²) in [6.45, 7) is 0.430. The number of nitrogens with one attached hydrogen (secondary N) is 1. The van der Waals surface area contributed by atoms with Crippen molar-refractivity contribution in [1.82, 2.24) is 5.32 Å². The van der Waals surface area contributed by atoms with Gasteiger partial charge < -0.3 is 20.1 Å². The monoisotopic (exact) mass is 264 g/mol. The van der Waals surface area contributed by atoms with E-state index in [2.05, 4.69) is 5.32 Å². The van der Waals surface area contributed by atoms with Crippen molar-refractivity contribution < 1.29 is 14.6 Å². The molecule has 0 aliphatic heterocycles. The van der Waals surface area contributed by atoms with Gasteiger partial charge in [-0.1, -0.05) is 6.07 Å². The quantitative estimate of drug-likeness (QED) is 0.778. The molecule has 5 heteroatoms.